The smallest absolute Gasteiger partial charge is 0.116 e. The van der Waals surface area contributed by atoms with Crippen molar-refractivity contribution >= 4 is 5.69 Å². The van der Waals surface area contributed by atoms with Gasteiger partial charge in [0, 0.05) is 5.69 Å². The van der Waals surface area contributed by atoms with Gasteiger partial charge in [-0.1, -0.05) is 114 Å². The van der Waals surface area contributed by atoms with E-state index in [0.29, 0.717) is 12.8 Å². The van der Waals surface area contributed by atoms with Crippen molar-refractivity contribution in [2.24, 2.45) is 0 Å². The van der Waals surface area contributed by atoms with E-state index in [1.54, 1.807) is 0 Å². The topological polar surface area (TPSA) is 24.5 Å². The number of nitrogens with zero attached hydrogens (tertiary/aromatic N) is 1. The molecule has 1 unspecified atom stereocenters. The van der Waals surface area contributed by atoms with Crippen molar-refractivity contribution in [3.63, 3.8) is 0 Å². The Morgan fingerprint density at radius 2 is 1.37 bits per heavy atom. The highest BCUT2D eigenvalue weighted by atomic mass is 16.5. The van der Waals surface area contributed by atoms with Crippen molar-refractivity contribution in [1.29, 1.82) is 0 Å². The Bertz CT molecular complexity index is 686. The molecule has 1 heterocycles. The maximum Gasteiger partial charge on any atom is 0.116 e. The molecule has 3 nitrogen and oxygen atoms in total. The SMILES string of the molecule is CCCCCCCCCCCCC1COCN1Nc1ccc(-c2ccccc2)cc1. The van der Waals surface area contributed by atoms with Gasteiger partial charge in [0.25, 0.3) is 0 Å². The zero-order valence-corrected chi connectivity index (χ0v) is 18.8. The first-order valence-electron chi connectivity index (χ1n) is 12.1. The number of benzene rings is 2. The first-order valence-corrected chi connectivity index (χ1v) is 12.1. The summed E-state index contributed by atoms with van der Waals surface area (Å²) in [5.74, 6) is 0. The summed E-state index contributed by atoms with van der Waals surface area (Å²) in [6.45, 7) is 3.79. The van der Waals surface area contributed by atoms with Gasteiger partial charge in [-0.2, -0.15) is 5.01 Å². The Morgan fingerprint density at radius 3 is 2.03 bits per heavy atom. The van der Waals surface area contributed by atoms with E-state index in [9.17, 15) is 0 Å². The van der Waals surface area contributed by atoms with Crippen LogP contribution in [0, 0.1) is 0 Å². The van der Waals surface area contributed by atoms with Gasteiger partial charge in [-0.05, 0) is 29.7 Å². The molecule has 0 saturated carbocycles. The molecule has 0 aliphatic carbocycles. The number of hydrogen-bond acceptors (Lipinski definition) is 3. The molecular weight excluding hydrogens is 368 g/mol. The number of nitrogens with one attached hydrogen (secondary N) is 1. The molecule has 2 aromatic rings. The third kappa shape index (κ3) is 7.77. The van der Waals surface area contributed by atoms with E-state index >= 15 is 0 Å². The Balaban J connectivity index is 1.32. The molecule has 0 aromatic heterocycles. The molecule has 0 amide bonds. The standard InChI is InChI=1S/C27H40N2O/c1-2-3-4-5-6-7-8-9-10-14-17-27-22-30-23-29(27)28-26-20-18-25(19-21-26)24-15-12-11-13-16-24/h11-13,15-16,18-21,27-28H,2-10,14,17,22-23H2,1H3. The number of hydrogen-bond donors (Lipinski definition) is 1. The highest BCUT2D eigenvalue weighted by Gasteiger charge is 2.24. The largest absolute Gasteiger partial charge is 0.363 e. The van der Waals surface area contributed by atoms with Gasteiger partial charge in [0.05, 0.1) is 12.6 Å². The third-order valence-electron chi connectivity index (χ3n) is 6.14. The van der Waals surface area contributed by atoms with Crippen LogP contribution in [0.3, 0.4) is 0 Å². The van der Waals surface area contributed by atoms with Crippen LogP contribution in [0.25, 0.3) is 11.1 Å². The summed E-state index contributed by atoms with van der Waals surface area (Å²) in [6, 6.07) is 19.7. The summed E-state index contributed by atoms with van der Waals surface area (Å²) in [5.41, 5.74) is 7.20. The monoisotopic (exact) mass is 408 g/mol. The number of hydrazine groups is 1. The van der Waals surface area contributed by atoms with Crippen LogP contribution in [-0.2, 0) is 4.74 Å². The molecular formula is C27H40N2O. The van der Waals surface area contributed by atoms with Crippen LogP contribution >= 0.6 is 0 Å². The minimum Gasteiger partial charge on any atom is -0.363 e. The average Bonchev–Trinajstić information content (AvgIpc) is 3.23. The van der Waals surface area contributed by atoms with E-state index in [-0.39, 0.29) is 0 Å². The fourth-order valence-electron chi connectivity index (χ4n) is 4.25. The zero-order chi connectivity index (χ0) is 20.9. The molecule has 1 fully saturated rings. The lowest BCUT2D eigenvalue weighted by Gasteiger charge is -2.24. The second-order valence-electron chi connectivity index (χ2n) is 8.65. The van der Waals surface area contributed by atoms with Gasteiger partial charge in [-0.15, -0.1) is 0 Å². The lowest BCUT2D eigenvalue weighted by atomic mass is 10.0. The van der Waals surface area contributed by atoms with Crippen LogP contribution in [0.15, 0.2) is 54.6 Å². The van der Waals surface area contributed by atoms with Gasteiger partial charge < -0.3 is 10.2 Å². The molecule has 3 heteroatoms. The van der Waals surface area contributed by atoms with Crippen LogP contribution in [0.1, 0.15) is 77.6 Å². The fourth-order valence-corrected chi connectivity index (χ4v) is 4.25. The molecule has 1 aliphatic heterocycles. The van der Waals surface area contributed by atoms with E-state index in [2.05, 4.69) is 72.0 Å². The summed E-state index contributed by atoms with van der Waals surface area (Å²) in [5, 5.41) is 2.27. The van der Waals surface area contributed by atoms with Crippen molar-refractivity contribution in [2.75, 3.05) is 18.8 Å². The zero-order valence-electron chi connectivity index (χ0n) is 18.8. The lowest BCUT2D eigenvalue weighted by Crippen LogP contribution is -2.35. The Hall–Kier alpha value is -1.84. The Kier molecular flexibility index (Phi) is 10.2. The van der Waals surface area contributed by atoms with Crippen LogP contribution in [-0.4, -0.2) is 24.4 Å². The lowest BCUT2D eigenvalue weighted by molar-refractivity contribution is 0.152. The van der Waals surface area contributed by atoms with Crippen LogP contribution < -0.4 is 5.43 Å². The van der Waals surface area contributed by atoms with Crippen molar-refractivity contribution in [1.82, 2.24) is 5.01 Å². The second kappa shape index (κ2) is 13.5. The molecule has 1 saturated heterocycles. The number of rotatable bonds is 14. The van der Waals surface area contributed by atoms with Gasteiger partial charge in [0.15, 0.2) is 0 Å². The van der Waals surface area contributed by atoms with E-state index < -0.39 is 0 Å². The first kappa shape index (κ1) is 22.8. The molecule has 30 heavy (non-hydrogen) atoms. The van der Waals surface area contributed by atoms with Gasteiger partial charge >= 0.3 is 0 Å². The molecule has 164 valence electrons. The quantitative estimate of drug-likeness (QED) is 0.325. The molecule has 0 spiro atoms. The third-order valence-corrected chi connectivity index (χ3v) is 6.14. The summed E-state index contributed by atoms with van der Waals surface area (Å²) in [6.07, 6.45) is 15.1. The molecule has 2 aromatic carbocycles. The molecule has 1 aliphatic rings. The predicted octanol–water partition coefficient (Wildman–Crippen LogP) is 7.65. The highest BCUT2D eigenvalue weighted by molar-refractivity contribution is 5.65. The van der Waals surface area contributed by atoms with Crippen molar-refractivity contribution in [3.8, 4) is 11.1 Å². The van der Waals surface area contributed by atoms with Crippen LogP contribution in [0.5, 0.6) is 0 Å². The van der Waals surface area contributed by atoms with E-state index in [0.717, 1.165) is 12.3 Å². The molecule has 0 bridgehead atoms. The average molecular weight is 409 g/mol. The highest BCUT2D eigenvalue weighted by Crippen LogP contribution is 2.23. The number of unbranched alkanes of at least 4 members (excludes halogenated alkanes) is 9. The van der Waals surface area contributed by atoms with Gasteiger partial charge in [-0.3, -0.25) is 0 Å². The van der Waals surface area contributed by atoms with Crippen molar-refractivity contribution < 1.29 is 4.74 Å². The molecule has 1 atom stereocenters. The molecule has 0 radical (unpaired) electrons. The maximum atomic E-state index is 5.74. The number of anilines is 1. The second-order valence-corrected chi connectivity index (χ2v) is 8.65. The minimum atomic E-state index is 0.479. The Labute approximate surface area is 183 Å². The maximum absolute atomic E-state index is 5.74. The molecule has 3 rings (SSSR count). The van der Waals surface area contributed by atoms with E-state index in [4.69, 9.17) is 4.74 Å². The minimum absolute atomic E-state index is 0.479. The Morgan fingerprint density at radius 1 is 0.767 bits per heavy atom. The normalized spacial score (nSPS) is 16.8. The van der Waals surface area contributed by atoms with E-state index in [1.807, 2.05) is 0 Å². The van der Waals surface area contributed by atoms with Crippen molar-refractivity contribution in [2.45, 2.75) is 83.6 Å². The summed E-state index contributed by atoms with van der Waals surface area (Å²) in [4.78, 5) is 0. The summed E-state index contributed by atoms with van der Waals surface area (Å²) >= 11 is 0. The fraction of sp³-hybridized carbons (Fsp3) is 0.556. The van der Waals surface area contributed by atoms with Gasteiger partial charge in [-0.25, -0.2) is 0 Å². The van der Waals surface area contributed by atoms with Crippen molar-refractivity contribution in [3.05, 3.63) is 54.6 Å². The first-order chi connectivity index (χ1) is 14.9. The van der Waals surface area contributed by atoms with Gasteiger partial charge in [0.2, 0.25) is 0 Å². The van der Waals surface area contributed by atoms with E-state index in [1.165, 1.54) is 81.8 Å². The number of ether oxygens (including phenoxy) is 1. The van der Waals surface area contributed by atoms with Gasteiger partial charge in [0.1, 0.15) is 6.73 Å². The van der Waals surface area contributed by atoms with Crippen LogP contribution in [0.4, 0.5) is 5.69 Å². The molecule has 1 N–H and O–H groups in total. The van der Waals surface area contributed by atoms with Crippen LogP contribution in [0.2, 0.25) is 0 Å². The summed E-state index contributed by atoms with van der Waals surface area (Å²) < 4.78 is 5.74. The predicted molar refractivity (Wildman–Crippen MR) is 128 cm³/mol. The summed E-state index contributed by atoms with van der Waals surface area (Å²) in [7, 11) is 0.